The predicted molar refractivity (Wildman–Crippen MR) is 290 cm³/mol. The summed E-state index contributed by atoms with van der Waals surface area (Å²) < 4.78 is 86.6. The fourth-order valence-electron chi connectivity index (χ4n) is 6.23. The van der Waals surface area contributed by atoms with Crippen molar-refractivity contribution in [2.45, 2.75) is 273 Å². The van der Waals surface area contributed by atoms with E-state index in [2.05, 4.69) is 68.7 Å². The van der Waals surface area contributed by atoms with Crippen LogP contribution in [0, 0.1) is 0 Å². The maximum absolute atomic E-state index is 9.99. The molecular formula is C48H108MoO18P6. The summed E-state index contributed by atoms with van der Waals surface area (Å²) in [6, 6.07) is 0. The number of hydrogen-bond acceptors (Lipinski definition) is 18. The summed E-state index contributed by atoms with van der Waals surface area (Å²) in [6.45, 7) is 15.3. The van der Waals surface area contributed by atoms with E-state index >= 15 is 0 Å². The zero-order valence-corrected chi connectivity index (χ0v) is 54.5. The van der Waals surface area contributed by atoms with Gasteiger partial charge in [0.1, 0.15) is 49.5 Å². The Bertz CT molecular complexity index is 926. The van der Waals surface area contributed by atoms with Crippen LogP contribution in [-0.2, 0) is 75.6 Å². The van der Waals surface area contributed by atoms with Crippen molar-refractivity contribution in [2.24, 2.45) is 0 Å². The molecule has 0 rings (SSSR count). The van der Waals surface area contributed by atoms with Crippen molar-refractivity contribution in [3.63, 3.8) is 0 Å². The van der Waals surface area contributed by atoms with E-state index in [9.17, 15) is 56.8 Å². The van der Waals surface area contributed by atoms with Gasteiger partial charge in [0.15, 0.2) is 0 Å². The first kappa shape index (κ1) is 88.4. The average Bonchev–Trinajstić information content (AvgIpc) is 3.33. The molecule has 0 bridgehead atoms. The van der Waals surface area contributed by atoms with Crippen LogP contribution >= 0.6 is 49.5 Å². The van der Waals surface area contributed by atoms with Crippen LogP contribution in [0.4, 0.5) is 0 Å². The summed E-state index contributed by atoms with van der Waals surface area (Å²) >= 11 is 0. The van der Waals surface area contributed by atoms with E-state index in [0.29, 0.717) is 39.6 Å². The van der Waals surface area contributed by atoms with Gasteiger partial charge < -0.3 is 83.9 Å². The van der Waals surface area contributed by atoms with Crippen molar-refractivity contribution in [2.75, 3.05) is 39.6 Å². The maximum Gasteiger partial charge on any atom is 6.00 e. The first-order valence-electron chi connectivity index (χ1n) is 27.6. The summed E-state index contributed by atoms with van der Waals surface area (Å²) in [5.41, 5.74) is 0. The molecule has 0 N–H and O–H groups in total. The molecule has 0 radical (unpaired) electrons. The molecule has 25 heteroatoms. The average molecular weight is 1260 g/mol. The molecule has 444 valence electrons. The summed E-state index contributed by atoms with van der Waals surface area (Å²) in [5, 5.41) is 0. The van der Waals surface area contributed by atoms with Crippen LogP contribution < -0.4 is 29.4 Å². The van der Waals surface area contributed by atoms with E-state index in [1.165, 1.54) is 154 Å². The molecule has 0 aliphatic carbocycles. The molecule has 0 aliphatic heterocycles. The van der Waals surface area contributed by atoms with Crippen LogP contribution in [0.5, 0.6) is 0 Å². The van der Waals surface area contributed by atoms with Crippen molar-refractivity contribution in [1.29, 1.82) is 0 Å². The topological polar surface area (TPSA) is 296 Å². The van der Waals surface area contributed by atoms with Gasteiger partial charge in [-0.05, 0) is 38.5 Å². The fourth-order valence-corrected chi connectivity index (χ4v) is 8.09. The van der Waals surface area contributed by atoms with E-state index in [4.69, 9.17) is 0 Å². The van der Waals surface area contributed by atoms with Crippen LogP contribution in [0.2, 0.25) is 0 Å². The molecular weight excluding hydrogens is 1150 g/mol. The van der Waals surface area contributed by atoms with E-state index in [1.54, 1.807) is 0 Å². The van der Waals surface area contributed by atoms with Crippen molar-refractivity contribution in [3.8, 4) is 0 Å². The van der Waals surface area contributed by atoms with E-state index in [1.807, 2.05) is 0 Å². The first-order valence-corrected chi connectivity index (χ1v) is 35.0. The minimum atomic E-state index is -2.93. The molecule has 0 amide bonds. The maximum atomic E-state index is 9.99. The van der Waals surface area contributed by atoms with Crippen LogP contribution in [0.1, 0.15) is 273 Å². The molecule has 0 saturated heterocycles. The van der Waals surface area contributed by atoms with Gasteiger partial charge in [0.05, 0.1) is 39.6 Å². The van der Waals surface area contributed by atoms with Gasteiger partial charge in [0, 0.05) is 0 Å². The van der Waals surface area contributed by atoms with Gasteiger partial charge in [-0.2, -0.15) is 0 Å². The second-order valence-corrected chi connectivity index (χ2v) is 21.9. The largest absolute Gasteiger partial charge is 6.00 e. The van der Waals surface area contributed by atoms with Gasteiger partial charge in [-0.15, -0.1) is 0 Å². The van der Waals surface area contributed by atoms with Crippen LogP contribution in [0.25, 0.3) is 0 Å². The van der Waals surface area contributed by atoms with Gasteiger partial charge in [-0.25, -0.2) is 0 Å². The third-order valence-electron chi connectivity index (χ3n) is 10.3. The molecule has 73 heavy (non-hydrogen) atoms. The smallest absolute Gasteiger partial charge is 0.781 e. The van der Waals surface area contributed by atoms with E-state index in [-0.39, 0.29) is 21.1 Å². The van der Waals surface area contributed by atoms with E-state index in [0.717, 1.165) is 77.0 Å². The van der Waals surface area contributed by atoms with Crippen molar-refractivity contribution >= 4 is 49.5 Å². The molecule has 0 saturated carbocycles. The quantitative estimate of drug-likeness (QED) is 0.0310. The molecule has 0 aliphatic rings. The molecule has 0 aromatic heterocycles. The minimum Gasteiger partial charge on any atom is -0.781 e. The second kappa shape index (κ2) is 84.9. The summed E-state index contributed by atoms with van der Waals surface area (Å²) in [6.07, 6.45) is 41.4. The Morgan fingerprint density at radius 2 is 0.301 bits per heavy atom. The molecule has 0 aromatic carbocycles. The number of rotatable bonds is 48. The van der Waals surface area contributed by atoms with Crippen LogP contribution in [0.3, 0.4) is 0 Å². The summed E-state index contributed by atoms with van der Waals surface area (Å²) in [5.74, 6) is 0. The molecule has 0 heterocycles. The van der Waals surface area contributed by atoms with Gasteiger partial charge in [-0.1, -0.05) is 234 Å². The zero-order valence-electron chi connectivity index (χ0n) is 46.5. The Hall–Kier alpha value is 1.59. The molecule has 6 unspecified atom stereocenters. The third kappa shape index (κ3) is 122. The molecule has 0 aromatic rings. The molecule has 6 atom stereocenters. The standard InChI is InChI=1S/6C8H19O3P.Mo/c6*1-2-3-4-5-6-7-8-11-12(9)10;/h6*12H,2-8H2,1H3,(H,9,10);/q;;;;;;+6/p-6. The van der Waals surface area contributed by atoms with Gasteiger partial charge >= 0.3 is 21.1 Å². The predicted octanol–water partition coefficient (Wildman–Crippen LogP) is 12.7. The van der Waals surface area contributed by atoms with Crippen LogP contribution in [0.15, 0.2) is 0 Å². The molecule has 0 spiro atoms. The van der Waals surface area contributed by atoms with Crippen molar-refractivity contribution < 1.29 is 105 Å². The Morgan fingerprint density at radius 3 is 0.397 bits per heavy atom. The Labute approximate surface area is 464 Å². The van der Waals surface area contributed by atoms with Crippen molar-refractivity contribution in [3.05, 3.63) is 0 Å². The second-order valence-electron chi connectivity index (χ2n) is 17.2. The summed E-state index contributed by atoms with van der Waals surface area (Å²) in [4.78, 5) is 59.9. The third-order valence-corrected chi connectivity index (χ3v) is 12.9. The Balaban J connectivity index is -0.000000143. The van der Waals surface area contributed by atoms with Crippen molar-refractivity contribution in [1.82, 2.24) is 0 Å². The van der Waals surface area contributed by atoms with Gasteiger partial charge in [0.25, 0.3) is 0 Å². The van der Waals surface area contributed by atoms with Gasteiger partial charge in [0.2, 0.25) is 0 Å². The fraction of sp³-hybridized carbons (Fsp3) is 1.00. The minimum absolute atomic E-state index is 0. The molecule has 18 nitrogen and oxygen atoms in total. The number of hydrogen-bond donors (Lipinski definition) is 0. The monoisotopic (exact) mass is 1260 g/mol. The Kier molecular flexibility index (Phi) is 103. The van der Waals surface area contributed by atoms with Crippen LogP contribution in [-0.4, -0.2) is 39.6 Å². The Morgan fingerprint density at radius 1 is 0.205 bits per heavy atom. The number of unbranched alkanes of at least 4 members (excludes halogenated alkanes) is 30. The SMILES string of the molecule is CCCCCCCCO[PH](=O)[O-].CCCCCCCCO[PH](=O)[O-].CCCCCCCCO[PH](=O)[O-].CCCCCCCCO[PH](=O)[O-].CCCCCCCCO[PH](=O)[O-].CCCCCCCCO[PH](=O)[O-].[Mo+6]. The normalized spacial score (nSPS) is 13.0. The first-order chi connectivity index (χ1) is 34.6. The zero-order chi connectivity index (χ0) is 55.4. The summed E-state index contributed by atoms with van der Waals surface area (Å²) in [7, 11) is -17.6. The molecule has 0 fully saturated rings. The van der Waals surface area contributed by atoms with E-state index < -0.39 is 49.5 Å². The van der Waals surface area contributed by atoms with Gasteiger partial charge in [-0.3, -0.25) is 0 Å².